The molecule has 0 aliphatic rings. The lowest BCUT2D eigenvalue weighted by atomic mass is 10.2. The van der Waals surface area contributed by atoms with E-state index in [2.05, 4.69) is 10.4 Å². The van der Waals surface area contributed by atoms with E-state index in [0.29, 0.717) is 17.1 Å². The molecule has 0 saturated carbocycles. The van der Waals surface area contributed by atoms with Crippen LogP contribution in [0.4, 0.5) is 10.1 Å². The van der Waals surface area contributed by atoms with E-state index in [0.717, 1.165) is 5.56 Å². The zero-order chi connectivity index (χ0) is 21.1. The van der Waals surface area contributed by atoms with Crippen LogP contribution in [-0.4, -0.2) is 27.8 Å². The molecule has 0 unspecified atom stereocenters. The molecular weight excluding hydrogens is 397 g/mol. The van der Waals surface area contributed by atoms with Gasteiger partial charge in [0.1, 0.15) is 16.5 Å². The first-order chi connectivity index (χ1) is 13.8. The van der Waals surface area contributed by atoms with Crippen molar-refractivity contribution in [3.8, 4) is 5.69 Å². The molecule has 1 aromatic heterocycles. The van der Waals surface area contributed by atoms with Crippen LogP contribution in [0.1, 0.15) is 28.5 Å². The lowest BCUT2D eigenvalue weighted by Gasteiger charge is -2.14. The zero-order valence-corrected chi connectivity index (χ0v) is 16.8. The van der Waals surface area contributed by atoms with Crippen LogP contribution in [0.25, 0.3) is 5.69 Å². The van der Waals surface area contributed by atoms with Gasteiger partial charge in [-0.05, 0) is 62.7 Å². The number of hydrogen-bond donors (Lipinski definition) is 1. The molecule has 0 spiro atoms. The Morgan fingerprint density at radius 2 is 1.86 bits per heavy atom. The standard InChI is InChI=1S/C21H19ClFN3O3/c1-12-5-4-6-16(11-12)24-20(27)14(3)29-21(28)18-13(2)25-26(19(18)22)17-9-7-15(23)8-10-17/h4-11,14H,1-3H3,(H,24,27)/t14-/m0/s1. The number of aromatic nitrogens is 2. The third kappa shape index (κ3) is 4.63. The first-order valence-corrected chi connectivity index (χ1v) is 9.23. The van der Waals surface area contributed by atoms with E-state index in [9.17, 15) is 14.0 Å². The van der Waals surface area contributed by atoms with Crippen molar-refractivity contribution >= 4 is 29.2 Å². The fourth-order valence-electron chi connectivity index (χ4n) is 2.72. The molecular formula is C21H19ClFN3O3. The number of ether oxygens (including phenoxy) is 1. The Morgan fingerprint density at radius 1 is 1.17 bits per heavy atom. The van der Waals surface area contributed by atoms with Crippen molar-refractivity contribution in [2.75, 3.05) is 5.32 Å². The fourth-order valence-corrected chi connectivity index (χ4v) is 3.07. The van der Waals surface area contributed by atoms with E-state index in [-0.39, 0.29) is 10.7 Å². The van der Waals surface area contributed by atoms with E-state index >= 15 is 0 Å². The van der Waals surface area contributed by atoms with Gasteiger partial charge in [0.05, 0.1) is 11.4 Å². The second kappa shape index (κ2) is 8.45. The summed E-state index contributed by atoms with van der Waals surface area (Å²) in [4.78, 5) is 24.9. The molecule has 8 heteroatoms. The van der Waals surface area contributed by atoms with Crippen LogP contribution in [0.3, 0.4) is 0 Å². The molecule has 0 saturated heterocycles. The first kappa shape index (κ1) is 20.5. The highest BCUT2D eigenvalue weighted by molar-refractivity contribution is 6.33. The van der Waals surface area contributed by atoms with Crippen LogP contribution in [0.2, 0.25) is 5.15 Å². The van der Waals surface area contributed by atoms with E-state index in [1.54, 1.807) is 19.1 Å². The molecule has 3 rings (SSSR count). The molecule has 1 atom stereocenters. The molecule has 0 fully saturated rings. The van der Waals surface area contributed by atoms with Crippen molar-refractivity contribution in [1.82, 2.24) is 9.78 Å². The topological polar surface area (TPSA) is 73.2 Å². The first-order valence-electron chi connectivity index (χ1n) is 8.86. The smallest absolute Gasteiger partial charge is 0.344 e. The van der Waals surface area contributed by atoms with Crippen molar-refractivity contribution in [3.05, 3.63) is 76.3 Å². The molecule has 2 aromatic carbocycles. The van der Waals surface area contributed by atoms with Gasteiger partial charge in [0, 0.05) is 5.69 Å². The maximum atomic E-state index is 13.1. The molecule has 6 nitrogen and oxygen atoms in total. The van der Waals surface area contributed by atoms with E-state index in [1.165, 1.54) is 35.9 Å². The van der Waals surface area contributed by atoms with Crippen LogP contribution in [0, 0.1) is 19.7 Å². The maximum absolute atomic E-state index is 13.1. The summed E-state index contributed by atoms with van der Waals surface area (Å²) in [7, 11) is 0. The molecule has 0 radical (unpaired) electrons. The average molecular weight is 416 g/mol. The molecule has 1 amide bonds. The van der Waals surface area contributed by atoms with Gasteiger partial charge in [-0.3, -0.25) is 4.79 Å². The van der Waals surface area contributed by atoms with Crippen LogP contribution < -0.4 is 5.32 Å². The highest BCUT2D eigenvalue weighted by Gasteiger charge is 2.26. The summed E-state index contributed by atoms with van der Waals surface area (Å²) in [6.45, 7) is 4.97. The van der Waals surface area contributed by atoms with E-state index < -0.39 is 23.8 Å². The number of rotatable bonds is 5. The molecule has 29 heavy (non-hydrogen) atoms. The Labute approximate surface area is 172 Å². The second-order valence-corrected chi connectivity index (χ2v) is 6.90. The number of halogens is 2. The van der Waals surface area contributed by atoms with Gasteiger partial charge in [0.15, 0.2) is 6.10 Å². The Kier molecular flexibility index (Phi) is 5.98. The molecule has 0 bridgehead atoms. The number of carbonyl (C=O) groups excluding carboxylic acids is 2. The Morgan fingerprint density at radius 3 is 2.52 bits per heavy atom. The SMILES string of the molecule is Cc1cccc(NC(=O)[C@H](C)OC(=O)c2c(C)nn(-c3ccc(F)cc3)c2Cl)c1. The minimum absolute atomic E-state index is 0.0189. The maximum Gasteiger partial charge on any atom is 0.344 e. The Balaban J connectivity index is 1.75. The van der Waals surface area contributed by atoms with Crippen LogP contribution in [0.5, 0.6) is 0 Å². The van der Waals surface area contributed by atoms with Crippen LogP contribution in [0.15, 0.2) is 48.5 Å². The summed E-state index contributed by atoms with van der Waals surface area (Å²) in [5.41, 5.74) is 2.46. The molecule has 0 aliphatic carbocycles. The lowest BCUT2D eigenvalue weighted by molar-refractivity contribution is -0.123. The van der Waals surface area contributed by atoms with Gasteiger partial charge in [0.25, 0.3) is 5.91 Å². The second-order valence-electron chi connectivity index (χ2n) is 6.55. The van der Waals surface area contributed by atoms with Gasteiger partial charge in [-0.1, -0.05) is 23.7 Å². The highest BCUT2D eigenvalue weighted by atomic mass is 35.5. The third-order valence-corrected chi connectivity index (χ3v) is 4.57. The van der Waals surface area contributed by atoms with Crippen LogP contribution in [-0.2, 0) is 9.53 Å². The molecule has 3 aromatic rings. The monoisotopic (exact) mass is 415 g/mol. The summed E-state index contributed by atoms with van der Waals surface area (Å²) in [5.74, 6) is -1.64. The third-order valence-electron chi connectivity index (χ3n) is 4.22. The van der Waals surface area contributed by atoms with Gasteiger partial charge in [0.2, 0.25) is 0 Å². The van der Waals surface area contributed by atoms with Crippen molar-refractivity contribution < 1.29 is 18.7 Å². The normalized spacial score (nSPS) is 11.8. The minimum Gasteiger partial charge on any atom is -0.449 e. The van der Waals surface area contributed by atoms with Crippen molar-refractivity contribution in [3.63, 3.8) is 0 Å². The minimum atomic E-state index is -1.05. The van der Waals surface area contributed by atoms with Crippen molar-refractivity contribution in [2.24, 2.45) is 0 Å². The fraction of sp³-hybridized carbons (Fsp3) is 0.190. The predicted molar refractivity (Wildman–Crippen MR) is 108 cm³/mol. The Bertz CT molecular complexity index is 1060. The molecule has 1 N–H and O–H groups in total. The highest BCUT2D eigenvalue weighted by Crippen LogP contribution is 2.25. The van der Waals surface area contributed by atoms with E-state index in [1.807, 2.05) is 19.1 Å². The predicted octanol–water partition coefficient (Wildman–Crippen LogP) is 4.47. The lowest BCUT2D eigenvalue weighted by Crippen LogP contribution is -2.30. The van der Waals surface area contributed by atoms with Crippen molar-refractivity contribution in [2.45, 2.75) is 26.9 Å². The number of hydrogen-bond acceptors (Lipinski definition) is 4. The zero-order valence-electron chi connectivity index (χ0n) is 16.1. The van der Waals surface area contributed by atoms with Crippen molar-refractivity contribution in [1.29, 1.82) is 0 Å². The quantitative estimate of drug-likeness (QED) is 0.624. The van der Waals surface area contributed by atoms with Gasteiger partial charge >= 0.3 is 5.97 Å². The number of nitrogens with one attached hydrogen (secondary N) is 1. The summed E-state index contributed by atoms with van der Waals surface area (Å²) in [5, 5.41) is 6.94. The average Bonchev–Trinajstić information content (AvgIpc) is 2.96. The summed E-state index contributed by atoms with van der Waals surface area (Å²) in [6, 6.07) is 12.8. The number of esters is 1. The van der Waals surface area contributed by atoms with Gasteiger partial charge in [-0.15, -0.1) is 0 Å². The number of amides is 1. The van der Waals surface area contributed by atoms with Gasteiger partial charge in [-0.2, -0.15) is 5.10 Å². The number of benzene rings is 2. The number of carbonyl (C=O) groups is 2. The molecule has 150 valence electrons. The Hall–Kier alpha value is -3.19. The largest absolute Gasteiger partial charge is 0.449 e. The summed E-state index contributed by atoms with van der Waals surface area (Å²) >= 11 is 6.31. The number of anilines is 1. The summed E-state index contributed by atoms with van der Waals surface area (Å²) in [6.07, 6.45) is -1.05. The number of aryl methyl sites for hydroxylation is 2. The molecule has 1 heterocycles. The van der Waals surface area contributed by atoms with Gasteiger partial charge in [-0.25, -0.2) is 13.9 Å². The number of nitrogens with zero attached hydrogens (tertiary/aromatic N) is 2. The summed E-state index contributed by atoms with van der Waals surface area (Å²) < 4.78 is 19.7. The van der Waals surface area contributed by atoms with Crippen LogP contribution >= 0.6 is 11.6 Å². The molecule has 0 aliphatic heterocycles. The van der Waals surface area contributed by atoms with Gasteiger partial charge < -0.3 is 10.1 Å². The van der Waals surface area contributed by atoms with E-state index in [4.69, 9.17) is 16.3 Å².